The predicted molar refractivity (Wildman–Crippen MR) is 115 cm³/mol. The summed E-state index contributed by atoms with van der Waals surface area (Å²) >= 11 is 6.12. The third-order valence-electron chi connectivity index (χ3n) is 5.34. The van der Waals surface area contributed by atoms with Crippen LogP contribution < -0.4 is 0 Å². The molecule has 0 bridgehead atoms. The summed E-state index contributed by atoms with van der Waals surface area (Å²) in [6.45, 7) is 11.8. The Bertz CT molecular complexity index is 926. The minimum atomic E-state index is -3.50. The Morgan fingerprint density at radius 2 is 1.57 bits per heavy atom. The third-order valence-corrected chi connectivity index (χ3v) is 7.64. The summed E-state index contributed by atoms with van der Waals surface area (Å²) in [4.78, 5) is 2.58. The molecule has 3 rings (SSSR count). The van der Waals surface area contributed by atoms with Gasteiger partial charge >= 0.3 is 0 Å². The van der Waals surface area contributed by atoms with Gasteiger partial charge in [-0.05, 0) is 41.2 Å². The van der Waals surface area contributed by atoms with Gasteiger partial charge in [-0.3, -0.25) is 4.90 Å². The van der Waals surface area contributed by atoms with E-state index in [1.54, 1.807) is 22.5 Å². The second-order valence-corrected chi connectivity index (χ2v) is 10.9. The molecule has 1 aliphatic rings. The van der Waals surface area contributed by atoms with Gasteiger partial charge in [0, 0.05) is 37.7 Å². The quantitative estimate of drug-likeness (QED) is 0.733. The molecule has 4 nitrogen and oxygen atoms in total. The zero-order chi connectivity index (χ0) is 20.5. The van der Waals surface area contributed by atoms with Gasteiger partial charge in [-0.25, -0.2) is 8.42 Å². The second-order valence-electron chi connectivity index (χ2n) is 8.54. The molecule has 0 unspecified atom stereocenters. The van der Waals surface area contributed by atoms with Crippen LogP contribution in [0.4, 0.5) is 0 Å². The summed E-state index contributed by atoms with van der Waals surface area (Å²) in [6, 6.07) is 13.7. The van der Waals surface area contributed by atoms with E-state index >= 15 is 0 Å². The molecule has 28 heavy (non-hydrogen) atoms. The fraction of sp³-hybridized carbons (Fsp3) is 0.455. The monoisotopic (exact) mass is 420 g/mol. The first-order chi connectivity index (χ1) is 13.1. The lowest BCUT2D eigenvalue weighted by atomic mass is 9.87. The maximum Gasteiger partial charge on any atom is 0.243 e. The van der Waals surface area contributed by atoms with Gasteiger partial charge in [0.2, 0.25) is 10.0 Å². The maximum atomic E-state index is 12.9. The molecule has 1 saturated heterocycles. The molecule has 0 N–H and O–H groups in total. The number of hydrogen-bond donors (Lipinski definition) is 0. The van der Waals surface area contributed by atoms with Crippen molar-refractivity contribution < 1.29 is 8.42 Å². The summed E-state index contributed by atoms with van der Waals surface area (Å²) < 4.78 is 27.4. The maximum absolute atomic E-state index is 12.9. The van der Waals surface area contributed by atoms with Crippen LogP contribution in [-0.4, -0.2) is 43.8 Å². The van der Waals surface area contributed by atoms with Gasteiger partial charge in [-0.15, -0.1) is 0 Å². The van der Waals surface area contributed by atoms with Crippen LogP contribution >= 0.6 is 11.6 Å². The number of sulfonamides is 1. The zero-order valence-electron chi connectivity index (χ0n) is 17.1. The lowest BCUT2D eigenvalue weighted by molar-refractivity contribution is 0.181. The summed E-state index contributed by atoms with van der Waals surface area (Å²) in [5.74, 6) is 0. The highest BCUT2D eigenvalue weighted by atomic mass is 35.5. The van der Waals surface area contributed by atoms with Crippen molar-refractivity contribution in [3.63, 3.8) is 0 Å². The molecular formula is C22H29ClN2O2S. The number of piperazine rings is 1. The molecule has 0 spiro atoms. The first-order valence-corrected chi connectivity index (χ1v) is 11.5. The molecule has 152 valence electrons. The number of halogens is 1. The van der Waals surface area contributed by atoms with Gasteiger partial charge in [0.25, 0.3) is 0 Å². The van der Waals surface area contributed by atoms with Crippen LogP contribution in [-0.2, 0) is 22.0 Å². The Labute approximate surface area is 174 Å². The largest absolute Gasteiger partial charge is 0.296 e. The van der Waals surface area contributed by atoms with E-state index in [0.717, 1.165) is 25.2 Å². The lowest BCUT2D eigenvalue weighted by Crippen LogP contribution is -2.48. The first kappa shape index (κ1) is 21.3. The molecule has 1 aliphatic heterocycles. The Kier molecular flexibility index (Phi) is 6.20. The number of hydrogen-bond acceptors (Lipinski definition) is 3. The van der Waals surface area contributed by atoms with E-state index in [1.807, 2.05) is 6.92 Å². The van der Waals surface area contributed by atoms with Crippen molar-refractivity contribution in [2.75, 3.05) is 26.2 Å². The molecule has 0 atom stereocenters. The van der Waals surface area contributed by atoms with Gasteiger partial charge in [0.15, 0.2) is 0 Å². The minimum absolute atomic E-state index is 0.150. The summed E-state index contributed by atoms with van der Waals surface area (Å²) in [5, 5.41) is 0.485. The van der Waals surface area contributed by atoms with Crippen LogP contribution in [0.15, 0.2) is 47.4 Å². The average Bonchev–Trinajstić information content (AvgIpc) is 2.64. The van der Waals surface area contributed by atoms with E-state index < -0.39 is 10.0 Å². The van der Waals surface area contributed by atoms with Gasteiger partial charge in [-0.1, -0.05) is 62.7 Å². The van der Waals surface area contributed by atoms with E-state index in [0.29, 0.717) is 18.1 Å². The number of aryl methyl sites for hydroxylation is 1. The highest BCUT2D eigenvalue weighted by molar-refractivity contribution is 7.89. The number of rotatable bonds is 4. The third kappa shape index (κ3) is 4.77. The Morgan fingerprint density at radius 3 is 2.11 bits per heavy atom. The molecule has 0 saturated carbocycles. The molecule has 6 heteroatoms. The molecule has 0 amide bonds. The van der Waals surface area contributed by atoms with Crippen LogP contribution in [0.3, 0.4) is 0 Å². The van der Waals surface area contributed by atoms with Crippen molar-refractivity contribution in [1.29, 1.82) is 0 Å². The van der Waals surface area contributed by atoms with Gasteiger partial charge in [0.1, 0.15) is 0 Å². The molecule has 2 aromatic carbocycles. The standard InChI is InChI=1S/C22H29ClN2O2S/c1-17-5-10-20(15-21(17)23)28(26,27)25-13-11-24(12-14-25)16-18-6-8-19(9-7-18)22(2,3)4/h5-10,15H,11-14,16H2,1-4H3. The van der Waals surface area contributed by atoms with Crippen LogP contribution in [0.1, 0.15) is 37.5 Å². The fourth-order valence-corrected chi connectivity index (χ4v) is 5.07. The SMILES string of the molecule is Cc1ccc(S(=O)(=O)N2CCN(Cc3ccc(C(C)(C)C)cc3)CC2)cc1Cl. The van der Waals surface area contributed by atoms with E-state index in [2.05, 4.69) is 49.9 Å². The zero-order valence-corrected chi connectivity index (χ0v) is 18.6. The summed E-state index contributed by atoms with van der Waals surface area (Å²) in [5.41, 5.74) is 3.61. The average molecular weight is 421 g/mol. The van der Waals surface area contributed by atoms with Crippen molar-refractivity contribution >= 4 is 21.6 Å². The molecule has 0 aromatic heterocycles. The van der Waals surface area contributed by atoms with E-state index in [-0.39, 0.29) is 10.3 Å². The van der Waals surface area contributed by atoms with E-state index in [1.165, 1.54) is 11.1 Å². The summed E-state index contributed by atoms with van der Waals surface area (Å²) in [7, 11) is -3.50. The molecule has 0 aliphatic carbocycles. The minimum Gasteiger partial charge on any atom is -0.296 e. The molecule has 2 aromatic rings. The highest BCUT2D eigenvalue weighted by Gasteiger charge is 2.28. The number of nitrogens with zero attached hydrogens (tertiary/aromatic N) is 2. The highest BCUT2D eigenvalue weighted by Crippen LogP contribution is 2.25. The van der Waals surface area contributed by atoms with Gasteiger partial charge in [0.05, 0.1) is 4.90 Å². The van der Waals surface area contributed by atoms with E-state index in [9.17, 15) is 8.42 Å². The molecule has 1 fully saturated rings. The molecule has 1 heterocycles. The Balaban J connectivity index is 1.61. The summed E-state index contributed by atoms with van der Waals surface area (Å²) in [6.07, 6.45) is 0. The van der Waals surface area contributed by atoms with Crippen molar-refractivity contribution in [1.82, 2.24) is 9.21 Å². The molecular weight excluding hydrogens is 392 g/mol. The first-order valence-electron chi connectivity index (χ1n) is 9.65. The van der Waals surface area contributed by atoms with E-state index in [4.69, 9.17) is 11.6 Å². The van der Waals surface area contributed by atoms with Crippen molar-refractivity contribution in [2.24, 2.45) is 0 Å². The fourth-order valence-electron chi connectivity index (χ4n) is 3.38. The van der Waals surface area contributed by atoms with Crippen LogP contribution in [0, 0.1) is 6.92 Å². The van der Waals surface area contributed by atoms with Gasteiger partial charge < -0.3 is 0 Å². The lowest BCUT2D eigenvalue weighted by Gasteiger charge is -2.34. The second kappa shape index (κ2) is 8.15. The molecule has 0 radical (unpaired) electrons. The number of benzene rings is 2. The van der Waals surface area contributed by atoms with Gasteiger partial charge in [-0.2, -0.15) is 4.31 Å². The Morgan fingerprint density at radius 1 is 0.964 bits per heavy atom. The van der Waals surface area contributed by atoms with Crippen LogP contribution in [0.2, 0.25) is 5.02 Å². The topological polar surface area (TPSA) is 40.6 Å². The van der Waals surface area contributed by atoms with Crippen LogP contribution in [0.25, 0.3) is 0 Å². The van der Waals surface area contributed by atoms with Crippen molar-refractivity contribution in [2.45, 2.75) is 44.6 Å². The van der Waals surface area contributed by atoms with Crippen LogP contribution in [0.5, 0.6) is 0 Å². The smallest absolute Gasteiger partial charge is 0.243 e. The predicted octanol–water partition coefficient (Wildman–Crippen LogP) is 4.45. The normalized spacial score (nSPS) is 17.0. The Hall–Kier alpha value is -1.40. The van der Waals surface area contributed by atoms with Crippen molar-refractivity contribution in [3.8, 4) is 0 Å². The van der Waals surface area contributed by atoms with Crippen molar-refractivity contribution in [3.05, 3.63) is 64.2 Å².